The van der Waals surface area contributed by atoms with Crippen LogP contribution in [0.15, 0.2) is 29.2 Å². The summed E-state index contributed by atoms with van der Waals surface area (Å²) in [5.41, 5.74) is 1.41. The number of hydrogen-bond acceptors (Lipinski definition) is 5. The molecule has 1 aromatic heterocycles. The van der Waals surface area contributed by atoms with Crippen molar-refractivity contribution in [1.82, 2.24) is 9.29 Å². The third kappa shape index (κ3) is 3.93. The lowest BCUT2D eigenvalue weighted by Gasteiger charge is -2.20. The molecule has 0 atom stereocenters. The minimum absolute atomic E-state index is 0.179. The van der Waals surface area contributed by atoms with E-state index >= 15 is 0 Å². The maximum Gasteiger partial charge on any atom is 0.257 e. The molecule has 8 heteroatoms. The van der Waals surface area contributed by atoms with Crippen molar-refractivity contribution in [2.75, 3.05) is 18.4 Å². The molecule has 6 nitrogen and oxygen atoms in total. The number of sulfonamides is 1. The molecule has 0 unspecified atom stereocenters. The number of aromatic nitrogens is 1. The lowest BCUT2D eigenvalue weighted by Crippen LogP contribution is -2.32. The van der Waals surface area contributed by atoms with E-state index in [1.165, 1.54) is 22.3 Å². The average Bonchev–Trinajstić information content (AvgIpc) is 3.12. The van der Waals surface area contributed by atoms with Crippen molar-refractivity contribution in [2.45, 2.75) is 49.8 Å². The lowest BCUT2D eigenvalue weighted by molar-refractivity contribution is 0.102. The van der Waals surface area contributed by atoms with Gasteiger partial charge in [0.05, 0.1) is 10.6 Å². The van der Waals surface area contributed by atoms with Gasteiger partial charge >= 0.3 is 0 Å². The highest BCUT2D eigenvalue weighted by atomic mass is 32.2. The van der Waals surface area contributed by atoms with Crippen LogP contribution in [-0.4, -0.2) is 36.7 Å². The summed E-state index contributed by atoms with van der Waals surface area (Å²) in [5, 5.41) is 3.40. The van der Waals surface area contributed by atoms with E-state index in [-0.39, 0.29) is 10.8 Å². The minimum atomic E-state index is -3.57. The molecule has 1 aromatic carbocycles. The molecule has 1 aliphatic heterocycles. The zero-order valence-electron chi connectivity index (χ0n) is 15.1. The van der Waals surface area contributed by atoms with E-state index < -0.39 is 10.0 Å². The van der Waals surface area contributed by atoms with Crippen LogP contribution in [0.4, 0.5) is 5.13 Å². The van der Waals surface area contributed by atoms with Crippen molar-refractivity contribution < 1.29 is 13.2 Å². The number of hydrogen-bond donors (Lipinski definition) is 1. The fourth-order valence-corrected chi connectivity index (χ4v) is 6.25. The Bertz CT molecular complexity index is 923. The fraction of sp³-hybridized carbons (Fsp3) is 0.474. The van der Waals surface area contributed by atoms with Gasteiger partial charge in [0.1, 0.15) is 0 Å². The second kappa shape index (κ2) is 7.69. The Balaban J connectivity index is 1.53. The van der Waals surface area contributed by atoms with Crippen molar-refractivity contribution in [3.8, 4) is 0 Å². The molecule has 0 radical (unpaired) electrons. The number of rotatable bonds is 4. The monoisotopic (exact) mass is 405 g/mol. The van der Waals surface area contributed by atoms with Gasteiger partial charge in [-0.2, -0.15) is 4.31 Å². The summed E-state index contributed by atoms with van der Waals surface area (Å²) in [6, 6.07) is 6.30. The van der Waals surface area contributed by atoms with Crippen molar-refractivity contribution in [3.63, 3.8) is 0 Å². The van der Waals surface area contributed by atoms with Crippen molar-refractivity contribution in [3.05, 3.63) is 40.4 Å². The molecule has 2 aliphatic rings. The molecule has 1 aliphatic carbocycles. The van der Waals surface area contributed by atoms with Crippen molar-refractivity contribution in [1.29, 1.82) is 0 Å². The molecule has 0 saturated carbocycles. The third-order valence-electron chi connectivity index (χ3n) is 5.12. The van der Waals surface area contributed by atoms with Crippen LogP contribution in [0.1, 0.15) is 53.0 Å². The molecule has 144 valence electrons. The van der Waals surface area contributed by atoms with Crippen LogP contribution in [0.25, 0.3) is 0 Å². The van der Waals surface area contributed by atoms with Gasteiger partial charge in [0.25, 0.3) is 5.91 Å². The number of amides is 1. The first kappa shape index (κ1) is 18.6. The zero-order chi connectivity index (χ0) is 18.9. The maximum absolute atomic E-state index is 13.0. The molecular formula is C19H23N3O3S2. The Kier molecular flexibility index (Phi) is 5.29. The molecule has 0 spiro atoms. The first-order chi connectivity index (χ1) is 13.0. The topological polar surface area (TPSA) is 79.4 Å². The third-order valence-corrected chi connectivity index (χ3v) is 8.08. The average molecular weight is 406 g/mol. The SMILES string of the molecule is O=C(Nc1nc2c(s1)CCC2)c1cccc(S(=O)(=O)N2CCCCCC2)c1. The summed E-state index contributed by atoms with van der Waals surface area (Å²) in [7, 11) is -3.57. The van der Waals surface area contributed by atoms with Crippen LogP contribution in [0.5, 0.6) is 0 Å². The fourth-order valence-electron chi connectivity index (χ4n) is 3.64. The van der Waals surface area contributed by atoms with Gasteiger partial charge in [-0.1, -0.05) is 18.9 Å². The standard InChI is InChI=1S/C19H23N3O3S2/c23-18(21-19-20-16-9-6-10-17(16)26-19)14-7-5-8-15(13-14)27(24,25)22-11-3-1-2-4-12-22/h5,7-8,13H,1-4,6,9-12H2,(H,20,21,23). The molecular weight excluding hydrogens is 382 g/mol. The van der Waals surface area contributed by atoms with Gasteiger partial charge in [-0.3, -0.25) is 10.1 Å². The van der Waals surface area contributed by atoms with Crippen LogP contribution in [0.2, 0.25) is 0 Å². The highest BCUT2D eigenvalue weighted by Gasteiger charge is 2.26. The highest BCUT2D eigenvalue weighted by molar-refractivity contribution is 7.89. The van der Waals surface area contributed by atoms with E-state index in [1.54, 1.807) is 22.5 Å². The van der Waals surface area contributed by atoms with Crippen LogP contribution < -0.4 is 5.32 Å². The summed E-state index contributed by atoms with van der Waals surface area (Å²) in [6.07, 6.45) is 7.00. The van der Waals surface area contributed by atoms with Gasteiger partial charge in [0, 0.05) is 23.5 Å². The van der Waals surface area contributed by atoms with Crippen LogP contribution in [0, 0.1) is 0 Å². The number of benzene rings is 1. The van der Waals surface area contributed by atoms with Crippen molar-refractivity contribution in [2.24, 2.45) is 0 Å². The van der Waals surface area contributed by atoms with Gasteiger partial charge in [-0.05, 0) is 50.3 Å². The Labute approximate surface area is 163 Å². The Morgan fingerprint density at radius 2 is 1.85 bits per heavy atom. The largest absolute Gasteiger partial charge is 0.298 e. The van der Waals surface area contributed by atoms with E-state index in [0.717, 1.165) is 50.6 Å². The molecule has 27 heavy (non-hydrogen) atoms. The lowest BCUT2D eigenvalue weighted by atomic mass is 10.2. The number of carbonyl (C=O) groups is 1. The van der Waals surface area contributed by atoms with Crippen molar-refractivity contribution >= 4 is 32.4 Å². The number of fused-ring (bicyclic) bond motifs is 1. The number of nitrogens with zero attached hydrogens (tertiary/aromatic N) is 2. The number of thiazole rings is 1. The molecule has 1 amide bonds. The molecule has 1 N–H and O–H groups in total. The minimum Gasteiger partial charge on any atom is -0.298 e. The number of aryl methyl sites for hydroxylation is 2. The van der Waals surface area contributed by atoms with Gasteiger partial charge < -0.3 is 0 Å². The summed E-state index contributed by atoms with van der Waals surface area (Å²) in [6.45, 7) is 1.09. The molecule has 4 rings (SSSR count). The Morgan fingerprint density at radius 3 is 2.59 bits per heavy atom. The number of carbonyl (C=O) groups excluding carboxylic acids is 1. The van der Waals surface area contributed by atoms with Gasteiger partial charge in [-0.25, -0.2) is 13.4 Å². The second-order valence-corrected chi connectivity index (χ2v) is 10.1. The van der Waals surface area contributed by atoms with Crippen LogP contribution in [0.3, 0.4) is 0 Å². The normalized spacial score (nSPS) is 18.1. The van der Waals surface area contributed by atoms with Crippen LogP contribution in [-0.2, 0) is 22.9 Å². The predicted octanol–water partition coefficient (Wildman–Crippen LogP) is 3.45. The molecule has 0 bridgehead atoms. The molecule has 1 fully saturated rings. The van der Waals surface area contributed by atoms with Gasteiger partial charge in [0.2, 0.25) is 10.0 Å². The molecule has 1 saturated heterocycles. The highest BCUT2D eigenvalue weighted by Crippen LogP contribution is 2.30. The Hall–Kier alpha value is -1.77. The second-order valence-electron chi connectivity index (χ2n) is 7.04. The summed E-state index contributed by atoms with van der Waals surface area (Å²) in [4.78, 5) is 18.5. The number of anilines is 1. The summed E-state index contributed by atoms with van der Waals surface area (Å²) < 4.78 is 27.4. The quantitative estimate of drug-likeness (QED) is 0.845. The first-order valence-corrected chi connectivity index (χ1v) is 11.7. The van der Waals surface area contributed by atoms with E-state index in [1.807, 2.05) is 0 Å². The summed E-state index contributed by atoms with van der Waals surface area (Å²) >= 11 is 1.51. The smallest absolute Gasteiger partial charge is 0.257 e. The zero-order valence-corrected chi connectivity index (χ0v) is 16.7. The first-order valence-electron chi connectivity index (χ1n) is 9.44. The van der Waals surface area contributed by atoms with E-state index in [2.05, 4.69) is 10.3 Å². The van der Waals surface area contributed by atoms with Crippen LogP contribution >= 0.6 is 11.3 Å². The Morgan fingerprint density at radius 1 is 1.07 bits per heavy atom. The molecule has 2 heterocycles. The van der Waals surface area contributed by atoms with Gasteiger partial charge in [0.15, 0.2) is 5.13 Å². The summed E-state index contributed by atoms with van der Waals surface area (Å²) in [5.74, 6) is -0.324. The van der Waals surface area contributed by atoms with E-state index in [9.17, 15) is 13.2 Å². The van der Waals surface area contributed by atoms with Gasteiger partial charge in [-0.15, -0.1) is 11.3 Å². The maximum atomic E-state index is 13.0. The van der Waals surface area contributed by atoms with E-state index in [0.29, 0.717) is 23.8 Å². The number of nitrogens with one attached hydrogen (secondary N) is 1. The van der Waals surface area contributed by atoms with E-state index in [4.69, 9.17) is 0 Å². The predicted molar refractivity (Wildman–Crippen MR) is 106 cm³/mol. The molecule has 2 aromatic rings.